The average molecular weight is 298 g/mol. The summed E-state index contributed by atoms with van der Waals surface area (Å²) < 4.78 is 9.97. The van der Waals surface area contributed by atoms with Gasteiger partial charge in [-0.25, -0.2) is 4.79 Å². The number of aryl methyl sites for hydroxylation is 1. The van der Waals surface area contributed by atoms with E-state index in [2.05, 4.69) is 10.1 Å². The van der Waals surface area contributed by atoms with Gasteiger partial charge in [0.25, 0.3) is 0 Å². The molecule has 22 heavy (non-hydrogen) atoms. The summed E-state index contributed by atoms with van der Waals surface area (Å²) >= 11 is 0. The minimum absolute atomic E-state index is 0.0175. The van der Waals surface area contributed by atoms with Gasteiger partial charge in [-0.1, -0.05) is 23.4 Å². The first-order valence-corrected chi connectivity index (χ1v) is 6.81. The largest absolute Gasteiger partial charge is 0.448 e. The smallest absolute Gasteiger partial charge is 0.377 e. The number of aromatic nitrogens is 2. The molecule has 1 aromatic carbocycles. The number of rotatable bonds is 4. The third kappa shape index (κ3) is 2.50. The van der Waals surface area contributed by atoms with Crippen molar-refractivity contribution in [2.45, 2.75) is 20.0 Å². The van der Waals surface area contributed by atoms with E-state index < -0.39 is 12.1 Å². The standard InChI is InChI=1S/C16H14N2O4/c1-9-7-14(22-18-9)16(20)21-10(2)15(19)12-8-17-13-6-4-3-5-11(12)13/h3-8,10,17H,1-2H3/t10-/m1/s1. The number of fused-ring (bicyclic) bond motifs is 1. The van der Waals surface area contributed by atoms with Crippen molar-refractivity contribution in [1.82, 2.24) is 10.1 Å². The molecule has 2 aromatic heterocycles. The second-order valence-corrected chi connectivity index (χ2v) is 4.99. The molecule has 112 valence electrons. The van der Waals surface area contributed by atoms with Gasteiger partial charge in [-0.05, 0) is 19.9 Å². The fourth-order valence-electron chi connectivity index (χ4n) is 2.23. The minimum Gasteiger partial charge on any atom is -0.448 e. The van der Waals surface area contributed by atoms with Gasteiger partial charge in [0.1, 0.15) is 0 Å². The first-order chi connectivity index (χ1) is 10.6. The van der Waals surface area contributed by atoms with Gasteiger partial charge in [-0.15, -0.1) is 0 Å². The SMILES string of the molecule is Cc1cc(C(=O)O[C@H](C)C(=O)c2c[nH]c3ccccc23)on1. The highest BCUT2D eigenvalue weighted by Gasteiger charge is 2.24. The summed E-state index contributed by atoms with van der Waals surface area (Å²) in [6.07, 6.45) is 0.702. The maximum Gasteiger partial charge on any atom is 0.377 e. The van der Waals surface area contributed by atoms with E-state index in [9.17, 15) is 9.59 Å². The molecule has 6 heteroatoms. The van der Waals surface area contributed by atoms with Crippen LogP contribution in [0.3, 0.4) is 0 Å². The van der Waals surface area contributed by atoms with Crippen molar-refractivity contribution in [2.24, 2.45) is 0 Å². The monoisotopic (exact) mass is 298 g/mol. The lowest BCUT2D eigenvalue weighted by Gasteiger charge is -2.10. The molecule has 0 saturated carbocycles. The third-order valence-corrected chi connectivity index (χ3v) is 3.34. The van der Waals surface area contributed by atoms with Crippen molar-refractivity contribution in [2.75, 3.05) is 0 Å². The van der Waals surface area contributed by atoms with E-state index in [1.165, 1.54) is 13.0 Å². The topological polar surface area (TPSA) is 85.2 Å². The normalized spacial score (nSPS) is 12.3. The summed E-state index contributed by atoms with van der Waals surface area (Å²) in [5.41, 5.74) is 1.92. The molecule has 0 fully saturated rings. The summed E-state index contributed by atoms with van der Waals surface area (Å²) in [5.74, 6) is -1.00. The summed E-state index contributed by atoms with van der Waals surface area (Å²) in [4.78, 5) is 27.4. The number of nitrogens with one attached hydrogen (secondary N) is 1. The average Bonchev–Trinajstić information content (AvgIpc) is 3.12. The molecular formula is C16H14N2O4. The van der Waals surface area contributed by atoms with E-state index >= 15 is 0 Å². The van der Waals surface area contributed by atoms with Crippen LogP contribution in [-0.4, -0.2) is 28.0 Å². The van der Waals surface area contributed by atoms with Crippen LogP contribution in [0, 0.1) is 6.92 Å². The molecule has 3 rings (SSSR count). The summed E-state index contributed by atoms with van der Waals surface area (Å²) in [7, 11) is 0. The molecule has 0 bridgehead atoms. The van der Waals surface area contributed by atoms with Crippen LogP contribution >= 0.6 is 0 Å². The van der Waals surface area contributed by atoms with Gasteiger partial charge in [-0.2, -0.15) is 0 Å². The number of H-pyrrole nitrogens is 1. The minimum atomic E-state index is -0.919. The fourth-order valence-corrected chi connectivity index (χ4v) is 2.23. The number of hydrogen-bond acceptors (Lipinski definition) is 5. The van der Waals surface area contributed by atoms with Crippen molar-refractivity contribution in [3.8, 4) is 0 Å². The number of ketones is 1. The second-order valence-electron chi connectivity index (χ2n) is 4.99. The molecular weight excluding hydrogens is 284 g/mol. The summed E-state index contributed by atoms with van der Waals surface area (Å²) in [5, 5.41) is 4.41. The molecule has 1 N–H and O–H groups in total. The molecule has 0 spiro atoms. The second kappa shape index (κ2) is 5.48. The van der Waals surface area contributed by atoms with Gasteiger partial charge in [0.15, 0.2) is 6.10 Å². The van der Waals surface area contributed by atoms with Crippen molar-refractivity contribution in [1.29, 1.82) is 0 Å². The van der Waals surface area contributed by atoms with Crippen LogP contribution in [0.4, 0.5) is 0 Å². The van der Waals surface area contributed by atoms with Gasteiger partial charge in [0, 0.05) is 28.7 Å². The first-order valence-electron chi connectivity index (χ1n) is 6.81. The van der Waals surface area contributed by atoms with Crippen molar-refractivity contribution in [3.63, 3.8) is 0 Å². The van der Waals surface area contributed by atoms with Crippen molar-refractivity contribution in [3.05, 3.63) is 53.5 Å². The number of carbonyl (C=O) groups excluding carboxylic acids is 2. The van der Waals surface area contributed by atoms with Gasteiger partial charge in [0.2, 0.25) is 11.5 Å². The van der Waals surface area contributed by atoms with E-state index in [4.69, 9.17) is 9.26 Å². The highest BCUT2D eigenvalue weighted by atomic mass is 16.6. The maximum absolute atomic E-state index is 12.4. The molecule has 2 heterocycles. The van der Waals surface area contributed by atoms with Crippen molar-refractivity contribution < 1.29 is 18.8 Å². The molecule has 0 aliphatic rings. The van der Waals surface area contributed by atoms with Gasteiger partial charge < -0.3 is 14.2 Å². The predicted molar refractivity (Wildman–Crippen MR) is 78.7 cm³/mol. The molecule has 0 saturated heterocycles. The number of Topliss-reactive ketones (excluding diaryl/α,β-unsaturated/α-hetero) is 1. The zero-order chi connectivity index (χ0) is 15.7. The third-order valence-electron chi connectivity index (χ3n) is 3.34. The number of aromatic amines is 1. The number of ether oxygens (including phenoxy) is 1. The molecule has 0 amide bonds. The van der Waals surface area contributed by atoms with Crippen LogP contribution in [0.2, 0.25) is 0 Å². The molecule has 0 unspecified atom stereocenters. The van der Waals surface area contributed by atoms with E-state index in [1.54, 1.807) is 13.1 Å². The lowest BCUT2D eigenvalue weighted by molar-refractivity contribution is 0.0281. The lowest BCUT2D eigenvalue weighted by atomic mass is 10.1. The Morgan fingerprint density at radius 2 is 2.09 bits per heavy atom. The lowest BCUT2D eigenvalue weighted by Crippen LogP contribution is -2.24. The van der Waals surface area contributed by atoms with E-state index in [0.29, 0.717) is 11.3 Å². The quantitative estimate of drug-likeness (QED) is 0.591. The Bertz CT molecular complexity index is 847. The van der Waals surface area contributed by atoms with Crippen LogP contribution in [0.25, 0.3) is 10.9 Å². The Kier molecular flexibility index (Phi) is 3.50. The van der Waals surface area contributed by atoms with E-state index in [0.717, 1.165) is 10.9 Å². The van der Waals surface area contributed by atoms with Gasteiger partial charge >= 0.3 is 5.97 Å². The zero-order valence-electron chi connectivity index (χ0n) is 12.1. The van der Waals surface area contributed by atoms with Gasteiger partial charge in [0.05, 0.1) is 5.69 Å². The maximum atomic E-state index is 12.4. The fraction of sp³-hybridized carbons (Fsp3) is 0.188. The molecule has 0 aliphatic carbocycles. The van der Waals surface area contributed by atoms with Crippen LogP contribution in [-0.2, 0) is 4.74 Å². The Balaban J connectivity index is 1.78. The van der Waals surface area contributed by atoms with Crippen LogP contribution in [0.1, 0.15) is 33.5 Å². The predicted octanol–water partition coefficient (Wildman–Crippen LogP) is 2.89. The zero-order valence-corrected chi connectivity index (χ0v) is 12.1. The van der Waals surface area contributed by atoms with Crippen LogP contribution < -0.4 is 0 Å². The summed E-state index contributed by atoms with van der Waals surface area (Å²) in [6, 6.07) is 8.91. The van der Waals surface area contributed by atoms with Crippen LogP contribution in [0.15, 0.2) is 41.1 Å². The van der Waals surface area contributed by atoms with Crippen LogP contribution in [0.5, 0.6) is 0 Å². The number of para-hydroxylation sites is 1. The molecule has 0 aliphatic heterocycles. The van der Waals surface area contributed by atoms with E-state index in [1.807, 2.05) is 24.3 Å². The number of esters is 1. The molecule has 1 atom stereocenters. The summed E-state index contributed by atoms with van der Waals surface area (Å²) in [6.45, 7) is 3.23. The number of nitrogens with zero attached hydrogens (tertiary/aromatic N) is 1. The highest BCUT2D eigenvalue weighted by Crippen LogP contribution is 2.20. The Morgan fingerprint density at radius 1 is 1.32 bits per heavy atom. The first kappa shape index (κ1) is 14.1. The Morgan fingerprint density at radius 3 is 2.82 bits per heavy atom. The number of benzene rings is 1. The van der Waals surface area contributed by atoms with Gasteiger partial charge in [-0.3, -0.25) is 4.79 Å². The Labute approximate surface area is 126 Å². The Hall–Kier alpha value is -2.89. The van der Waals surface area contributed by atoms with Crippen molar-refractivity contribution >= 4 is 22.7 Å². The number of hydrogen-bond donors (Lipinski definition) is 1. The molecule has 0 radical (unpaired) electrons. The van der Waals surface area contributed by atoms with E-state index in [-0.39, 0.29) is 11.5 Å². The number of carbonyl (C=O) groups is 2. The molecule has 6 nitrogen and oxygen atoms in total. The highest BCUT2D eigenvalue weighted by molar-refractivity contribution is 6.10. The molecule has 3 aromatic rings.